The lowest BCUT2D eigenvalue weighted by Gasteiger charge is -2.08. The SMILES string of the molecule is Cc1cccc(NC(=S)N/N=C\c2cccc(OCc3ccc(Cl)cc3)c2)c1. The minimum atomic E-state index is 0.428. The Morgan fingerprint density at radius 1 is 1.07 bits per heavy atom. The number of nitrogens with zero attached hydrogens (tertiary/aromatic N) is 1. The Morgan fingerprint density at radius 2 is 1.86 bits per heavy atom. The zero-order valence-corrected chi connectivity index (χ0v) is 16.9. The number of hydrogen-bond acceptors (Lipinski definition) is 3. The summed E-state index contributed by atoms with van der Waals surface area (Å²) in [5.41, 5.74) is 6.85. The molecule has 0 atom stereocenters. The number of rotatable bonds is 6. The summed E-state index contributed by atoms with van der Waals surface area (Å²) in [6, 6.07) is 23.2. The van der Waals surface area contributed by atoms with E-state index in [1.807, 2.05) is 79.7 Å². The molecule has 0 fully saturated rings. The monoisotopic (exact) mass is 409 g/mol. The molecule has 0 bridgehead atoms. The third-order valence-corrected chi connectivity index (χ3v) is 4.28. The molecule has 0 spiro atoms. The van der Waals surface area contributed by atoms with E-state index in [-0.39, 0.29) is 0 Å². The van der Waals surface area contributed by atoms with Gasteiger partial charge in [-0.25, -0.2) is 0 Å². The summed E-state index contributed by atoms with van der Waals surface area (Å²) in [4.78, 5) is 0. The van der Waals surface area contributed by atoms with Gasteiger partial charge in [0, 0.05) is 10.7 Å². The van der Waals surface area contributed by atoms with Gasteiger partial charge in [0.05, 0.1) is 6.21 Å². The first-order chi connectivity index (χ1) is 13.6. The molecule has 0 saturated carbocycles. The molecule has 142 valence electrons. The molecule has 0 heterocycles. The molecule has 0 aromatic heterocycles. The van der Waals surface area contributed by atoms with E-state index in [4.69, 9.17) is 28.6 Å². The Hall–Kier alpha value is -2.89. The van der Waals surface area contributed by atoms with Crippen LogP contribution in [0, 0.1) is 6.92 Å². The van der Waals surface area contributed by atoms with Crippen molar-refractivity contribution in [3.63, 3.8) is 0 Å². The van der Waals surface area contributed by atoms with Gasteiger partial charge in [-0.15, -0.1) is 0 Å². The first kappa shape index (κ1) is 19.9. The second-order valence-electron chi connectivity index (χ2n) is 6.18. The van der Waals surface area contributed by atoms with E-state index in [9.17, 15) is 0 Å². The van der Waals surface area contributed by atoms with Gasteiger partial charge in [0.2, 0.25) is 0 Å². The van der Waals surface area contributed by atoms with Crippen molar-refractivity contribution >= 4 is 40.8 Å². The Labute approximate surface area is 175 Å². The molecule has 0 unspecified atom stereocenters. The highest BCUT2D eigenvalue weighted by Crippen LogP contribution is 2.16. The zero-order chi connectivity index (χ0) is 19.8. The summed E-state index contributed by atoms with van der Waals surface area (Å²) in [5.74, 6) is 0.763. The number of hydrogen-bond donors (Lipinski definition) is 2. The molecule has 0 aliphatic rings. The highest BCUT2D eigenvalue weighted by molar-refractivity contribution is 7.80. The molecule has 3 aromatic carbocycles. The second kappa shape index (κ2) is 9.88. The highest BCUT2D eigenvalue weighted by Gasteiger charge is 1.99. The Kier molecular flexibility index (Phi) is 7.00. The van der Waals surface area contributed by atoms with Crippen LogP contribution in [0.4, 0.5) is 5.69 Å². The molecule has 0 radical (unpaired) electrons. The number of nitrogens with one attached hydrogen (secondary N) is 2. The minimum absolute atomic E-state index is 0.428. The molecule has 0 saturated heterocycles. The Bertz CT molecular complexity index is 974. The van der Waals surface area contributed by atoms with Gasteiger partial charge in [0.25, 0.3) is 0 Å². The summed E-state index contributed by atoms with van der Waals surface area (Å²) < 4.78 is 5.83. The van der Waals surface area contributed by atoms with Gasteiger partial charge in [-0.3, -0.25) is 5.43 Å². The lowest BCUT2D eigenvalue weighted by molar-refractivity contribution is 0.306. The van der Waals surface area contributed by atoms with Gasteiger partial charge in [0.1, 0.15) is 12.4 Å². The smallest absolute Gasteiger partial charge is 0.191 e. The number of aryl methyl sites for hydroxylation is 1. The summed E-state index contributed by atoms with van der Waals surface area (Å²) in [7, 11) is 0. The molecule has 2 N–H and O–H groups in total. The summed E-state index contributed by atoms with van der Waals surface area (Å²) in [6.45, 7) is 2.50. The van der Waals surface area contributed by atoms with Gasteiger partial charge < -0.3 is 10.1 Å². The number of thiocarbonyl (C=S) groups is 1. The number of hydrazone groups is 1. The standard InChI is InChI=1S/C22H20ClN3OS/c1-16-4-2-6-20(12-16)25-22(28)26-24-14-18-5-3-7-21(13-18)27-15-17-8-10-19(23)11-9-17/h2-14H,15H2,1H3,(H2,25,26,28)/b24-14-. The normalized spacial score (nSPS) is 10.6. The fourth-order valence-corrected chi connectivity index (χ4v) is 2.78. The molecule has 28 heavy (non-hydrogen) atoms. The van der Waals surface area contributed by atoms with Crippen LogP contribution < -0.4 is 15.5 Å². The molecular formula is C22H20ClN3OS. The fraction of sp³-hybridized carbons (Fsp3) is 0.0909. The van der Waals surface area contributed by atoms with Crippen molar-refractivity contribution in [1.82, 2.24) is 5.43 Å². The summed E-state index contributed by atoms with van der Waals surface area (Å²) in [6.07, 6.45) is 1.69. The number of halogens is 1. The molecule has 3 aromatic rings. The van der Waals surface area contributed by atoms with Crippen LogP contribution in [0.15, 0.2) is 77.9 Å². The van der Waals surface area contributed by atoms with Crippen LogP contribution in [0.3, 0.4) is 0 Å². The molecule has 0 aliphatic heterocycles. The zero-order valence-electron chi connectivity index (χ0n) is 15.4. The number of anilines is 1. The van der Waals surface area contributed by atoms with Crippen LogP contribution >= 0.6 is 23.8 Å². The van der Waals surface area contributed by atoms with Gasteiger partial charge >= 0.3 is 0 Å². The maximum atomic E-state index is 5.90. The van der Waals surface area contributed by atoms with E-state index in [0.717, 1.165) is 28.1 Å². The van der Waals surface area contributed by atoms with E-state index in [1.54, 1.807) is 6.21 Å². The number of benzene rings is 3. The second-order valence-corrected chi connectivity index (χ2v) is 7.03. The highest BCUT2D eigenvalue weighted by atomic mass is 35.5. The minimum Gasteiger partial charge on any atom is -0.489 e. The molecule has 4 nitrogen and oxygen atoms in total. The first-order valence-corrected chi connectivity index (χ1v) is 9.51. The molecular weight excluding hydrogens is 390 g/mol. The number of ether oxygens (including phenoxy) is 1. The van der Waals surface area contributed by atoms with Crippen molar-refractivity contribution in [3.8, 4) is 5.75 Å². The van der Waals surface area contributed by atoms with Gasteiger partial charge in [-0.1, -0.05) is 48.0 Å². The maximum Gasteiger partial charge on any atom is 0.191 e. The van der Waals surface area contributed by atoms with E-state index >= 15 is 0 Å². The predicted molar refractivity (Wildman–Crippen MR) is 120 cm³/mol. The fourth-order valence-electron chi connectivity index (χ4n) is 2.48. The quantitative estimate of drug-likeness (QED) is 0.318. The lowest BCUT2D eigenvalue weighted by atomic mass is 10.2. The van der Waals surface area contributed by atoms with Crippen molar-refractivity contribution in [2.24, 2.45) is 5.10 Å². The van der Waals surface area contributed by atoms with Crippen molar-refractivity contribution < 1.29 is 4.74 Å². The first-order valence-electron chi connectivity index (χ1n) is 8.72. The topological polar surface area (TPSA) is 45.7 Å². The Balaban J connectivity index is 1.51. The van der Waals surface area contributed by atoms with Gasteiger partial charge in [0.15, 0.2) is 5.11 Å². The van der Waals surface area contributed by atoms with Crippen LogP contribution in [0.25, 0.3) is 0 Å². The molecule has 3 rings (SSSR count). The summed E-state index contributed by atoms with van der Waals surface area (Å²) >= 11 is 11.2. The van der Waals surface area contributed by atoms with Crippen molar-refractivity contribution in [1.29, 1.82) is 0 Å². The maximum absolute atomic E-state index is 5.90. The van der Waals surface area contributed by atoms with Crippen LogP contribution in [0.1, 0.15) is 16.7 Å². The van der Waals surface area contributed by atoms with E-state index in [2.05, 4.69) is 15.8 Å². The molecule has 0 aliphatic carbocycles. The molecule has 6 heteroatoms. The van der Waals surface area contributed by atoms with E-state index < -0.39 is 0 Å². The largest absolute Gasteiger partial charge is 0.489 e. The lowest BCUT2D eigenvalue weighted by Crippen LogP contribution is -2.23. The van der Waals surface area contributed by atoms with Crippen LogP contribution in [0.2, 0.25) is 5.02 Å². The summed E-state index contributed by atoms with van der Waals surface area (Å²) in [5, 5.41) is 8.42. The van der Waals surface area contributed by atoms with E-state index in [1.165, 1.54) is 0 Å². The van der Waals surface area contributed by atoms with Gasteiger partial charge in [-0.2, -0.15) is 5.10 Å². The average Bonchev–Trinajstić information content (AvgIpc) is 2.68. The predicted octanol–water partition coefficient (Wildman–Crippen LogP) is 5.55. The third-order valence-electron chi connectivity index (χ3n) is 3.83. The van der Waals surface area contributed by atoms with Crippen molar-refractivity contribution in [2.75, 3.05) is 5.32 Å². The Morgan fingerprint density at radius 3 is 2.64 bits per heavy atom. The van der Waals surface area contributed by atoms with E-state index in [0.29, 0.717) is 16.7 Å². The van der Waals surface area contributed by atoms with Crippen molar-refractivity contribution in [2.45, 2.75) is 13.5 Å². The van der Waals surface area contributed by atoms with Crippen LogP contribution in [0.5, 0.6) is 5.75 Å². The van der Waals surface area contributed by atoms with Gasteiger partial charge in [-0.05, 0) is 72.2 Å². The third kappa shape index (κ3) is 6.37. The van der Waals surface area contributed by atoms with Crippen molar-refractivity contribution in [3.05, 3.63) is 94.5 Å². The van der Waals surface area contributed by atoms with Crippen LogP contribution in [-0.2, 0) is 6.61 Å². The average molecular weight is 410 g/mol. The van der Waals surface area contributed by atoms with Crippen LogP contribution in [-0.4, -0.2) is 11.3 Å². The molecule has 0 amide bonds.